The van der Waals surface area contributed by atoms with E-state index in [1.54, 1.807) is 7.11 Å². The first kappa shape index (κ1) is 9.72. The fourth-order valence-corrected chi connectivity index (χ4v) is 1.46. The molecule has 0 saturated heterocycles. The van der Waals surface area contributed by atoms with Crippen LogP contribution >= 0.6 is 0 Å². The Morgan fingerprint density at radius 1 is 1.58 bits per heavy atom. The van der Waals surface area contributed by atoms with Crippen LogP contribution < -0.4 is 0 Å². The maximum atomic E-state index is 11.3. The Hall–Kier alpha value is -0.370. The van der Waals surface area contributed by atoms with Crippen molar-refractivity contribution in [2.45, 2.75) is 32.6 Å². The maximum absolute atomic E-state index is 11.3. The first-order valence-corrected chi connectivity index (χ1v) is 4.73. The monoisotopic (exact) mass is 170 g/mol. The van der Waals surface area contributed by atoms with E-state index in [0.29, 0.717) is 24.7 Å². The number of Topliss-reactive ketones (excluding diaryl/α,β-unsaturated/α-hetero) is 1. The van der Waals surface area contributed by atoms with Gasteiger partial charge in [0.05, 0.1) is 0 Å². The third-order valence-electron chi connectivity index (χ3n) is 2.24. The number of rotatable bonds is 6. The van der Waals surface area contributed by atoms with Crippen LogP contribution in [0.3, 0.4) is 0 Å². The number of carbonyl (C=O) groups is 1. The number of hydrogen-bond donors (Lipinski definition) is 0. The van der Waals surface area contributed by atoms with Crippen molar-refractivity contribution in [2.75, 3.05) is 13.7 Å². The van der Waals surface area contributed by atoms with Gasteiger partial charge >= 0.3 is 0 Å². The van der Waals surface area contributed by atoms with Crippen molar-refractivity contribution in [1.82, 2.24) is 0 Å². The summed E-state index contributed by atoms with van der Waals surface area (Å²) in [5.41, 5.74) is 0. The highest BCUT2D eigenvalue weighted by atomic mass is 16.5. The van der Waals surface area contributed by atoms with Crippen LogP contribution in [0.4, 0.5) is 0 Å². The van der Waals surface area contributed by atoms with Gasteiger partial charge in [0.15, 0.2) is 0 Å². The van der Waals surface area contributed by atoms with Crippen molar-refractivity contribution in [3.05, 3.63) is 0 Å². The van der Waals surface area contributed by atoms with E-state index in [1.165, 1.54) is 12.8 Å². The van der Waals surface area contributed by atoms with Crippen molar-refractivity contribution < 1.29 is 9.53 Å². The van der Waals surface area contributed by atoms with Gasteiger partial charge in [-0.25, -0.2) is 0 Å². The topological polar surface area (TPSA) is 26.3 Å². The van der Waals surface area contributed by atoms with Crippen LogP contribution in [0.2, 0.25) is 0 Å². The van der Waals surface area contributed by atoms with Gasteiger partial charge in [-0.3, -0.25) is 4.79 Å². The Morgan fingerprint density at radius 2 is 2.25 bits per heavy atom. The number of methoxy groups -OCH3 is 1. The largest absolute Gasteiger partial charge is 0.384 e. The molecule has 70 valence electrons. The summed E-state index contributed by atoms with van der Waals surface area (Å²) < 4.78 is 4.97. The molecule has 1 unspecified atom stereocenters. The van der Waals surface area contributed by atoms with Gasteiger partial charge in [-0.1, -0.05) is 6.92 Å². The van der Waals surface area contributed by atoms with E-state index in [9.17, 15) is 4.79 Å². The molecule has 1 aliphatic rings. The fraction of sp³-hybridized carbons (Fsp3) is 0.900. The SMILES string of the molecule is COCC(C)CC(=O)CC1CC1. The molecule has 0 radical (unpaired) electrons. The molecule has 0 spiro atoms. The highest BCUT2D eigenvalue weighted by Gasteiger charge is 2.24. The number of hydrogen-bond acceptors (Lipinski definition) is 2. The van der Waals surface area contributed by atoms with Crippen LogP contribution in [0.15, 0.2) is 0 Å². The highest BCUT2D eigenvalue weighted by Crippen LogP contribution is 2.33. The van der Waals surface area contributed by atoms with Gasteiger partial charge in [-0.05, 0) is 24.7 Å². The van der Waals surface area contributed by atoms with Gasteiger partial charge in [-0.15, -0.1) is 0 Å². The highest BCUT2D eigenvalue weighted by molar-refractivity contribution is 5.79. The van der Waals surface area contributed by atoms with Gasteiger partial charge in [0.25, 0.3) is 0 Å². The summed E-state index contributed by atoms with van der Waals surface area (Å²) in [5, 5.41) is 0. The summed E-state index contributed by atoms with van der Waals surface area (Å²) in [6.45, 7) is 2.77. The molecule has 1 rings (SSSR count). The summed E-state index contributed by atoms with van der Waals surface area (Å²) in [7, 11) is 1.68. The smallest absolute Gasteiger partial charge is 0.133 e. The van der Waals surface area contributed by atoms with Crippen molar-refractivity contribution in [1.29, 1.82) is 0 Å². The average Bonchev–Trinajstić information content (AvgIpc) is 2.71. The molecule has 0 heterocycles. The Kier molecular flexibility index (Phi) is 3.73. The second-order valence-electron chi connectivity index (χ2n) is 3.95. The van der Waals surface area contributed by atoms with Crippen LogP contribution in [0, 0.1) is 11.8 Å². The normalized spacial score (nSPS) is 19.2. The first-order valence-electron chi connectivity index (χ1n) is 4.73. The van der Waals surface area contributed by atoms with E-state index in [1.807, 2.05) is 0 Å². The van der Waals surface area contributed by atoms with E-state index in [4.69, 9.17) is 4.74 Å². The van der Waals surface area contributed by atoms with E-state index < -0.39 is 0 Å². The molecule has 1 fully saturated rings. The molecule has 1 atom stereocenters. The summed E-state index contributed by atoms with van der Waals surface area (Å²) in [6, 6.07) is 0. The summed E-state index contributed by atoms with van der Waals surface area (Å²) in [6.07, 6.45) is 4.05. The Bertz CT molecular complexity index is 150. The third-order valence-corrected chi connectivity index (χ3v) is 2.24. The van der Waals surface area contributed by atoms with E-state index in [0.717, 1.165) is 12.3 Å². The van der Waals surface area contributed by atoms with Gasteiger partial charge in [0.1, 0.15) is 5.78 Å². The average molecular weight is 170 g/mol. The number of ether oxygens (including phenoxy) is 1. The molecule has 2 nitrogen and oxygen atoms in total. The summed E-state index contributed by atoms with van der Waals surface area (Å²) in [5.74, 6) is 1.54. The zero-order valence-electron chi connectivity index (χ0n) is 8.01. The molecule has 0 amide bonds. The predicted octanol–water partition coefficient (Wildman–Crippen LogP) is 2.03. The molecule has 0 N–H and O–H groups in total. The minimum Gasteiger partial charge on any atom is -0.384 e. The first-order chi connectivity index (χ1) is 5.72. The van der Waals surface area contributed by atoms with Gasteiger partial charge in [0.2, 0.25) is 0 Å². The molecular weight excluding hydrogens is 152 g/mol. The lowest BCUT2D eigenvalue weighted by molar-refractivity contribution is -0.120. The van der Waals surface area contributed by atoms with E-state index >= 15 is 0 Å². The molecule has 1 aliphatic carbocycles. The van der Waals surface area contributed by atoms with E-state index in [2.05, 4.69) is 6.92 Å². The lowest BCUT2D eigenvalue weighted by Gasteiger charge is -2.08. The molecule has 0 aromatic rings. The molecule has 0 aliphatic heterocycles. The molecule has 0 bridgehead atoms. The van der Waals surface area contributed by atoms with Crippen LogP contribution in [0.1, 0.15) is 32.6 Å². The van der Waals surface area contributed by atoms with Gasteiger partial charge in [0, 0.05) is 26.6 Å². The molecule has 1 saturated carbocycles. The minimum absolute atomic E-state index is 0.390. The van der Waals surface area contributed by atoms with Crippen LogP contribution in [-0.4, -0.2) is 19.5 Å². The van der Waals surface area contributed by atoms with Crippen LogP contribution in [-0.2, 0) is 9.53 Å². The molecule has 2 heteroatoms. The van der Waals surface area contributed by atoms with E-state index in [-0.39, 0.29) is 0 Å². The van der Waals surface area contributed by atoms with Gasteiger partial charge < -0.3 is 4.74 Å². The molecule has 12 heavy (non-hydrogen) atoms. The maximum Gasteiger partial charge on any atom is 0.133 e. The lowest BCUT2D eigenvalue weighted by atomic mass is 10.0. The molecule has 0 aromatic heterocycles. The van der Waals surface area contributed by atoms with Crippen molar-refractivity contribution in [2.24, 2.45) is 11.8 Å². The second kappa shape index (κ2) is 4.61. The zero-order valence-corrected chi connectivity index (χ0v) is 8.01. The summed E-state index contributed by atoms with van der Waals surface area (Å²) >= 11 is 0. The Balaban J connectivity index is 2.06. The van der Waals surface area contributed by atoms with Crippen LogP contribution in [0.5, 0.6) is 0 Å². The number of carbonyl (C=O) groups excluding carboxylic acids is 1. The molecule has 0 aromatic carbocycles. The molecular formula is C10H18O2. The summed E-state index contributed by atoms with van der Waals surface area (Å²) in [4.78, 5) is 11.3. The number of ketones is 1. The van der Waals surface area contributed by atoms with Crippen molar-refractivity contribution in [3.8, 4) is 0 Å². The standard InChI is InChI=1S/C10H18O2/c1-8(7-12-2)5-10(11)6-9-3-4-9/h8-9H,3-7H2,1-2H3. The quantitative estimate of drug-likeness (QED) is 0.609. The van der Waals surface area contributed by atoms with Crippen molar-refractivity contribution >= 4 is 5.78 Å². The fourth-order valence-electron chi connectivity index (χ4n) is 1.46. The third kappa shape index (κ3) is 3.86. The van der Waals surface area contributed by atoms with Crippen LogP contribution in [0.25, 0.3) is 0 Å². The van der Waals surface area contributed by atoms with Crippen molar-refractivity contribution in [3.63, 3.8) is 0 Å². The lowest BCUT2D eigenvalue weighted by Crippen LogP contribution is -2.10. The second-order valence-corrected chi connectivity index (χ2v) is 3.95. The minimum atomic E-state index is 0.390. The zero-order chi connectivity index (χ0) is 8.97. The Morgan fingerprint density at radius 3 is 2.75 bits per heavy atom. The van der Waals surface area contributed by atoms with Gasteiger partial charge in [-0.2, -0.15) is 0 Å². The predicted molar refractivity (Wildman–Crippen MR) is 48.0 cm³/mol. The Labute approximate surface area is 74.3 Å².